The van der Waals surface area contributed by atoms with E-state index in [4.69, 9.17) is 0 Å². The van der Waals surface area contributed by atoms with Crippen LogP contribution in [0.25, 0.3) is 0 Å². The first-order chi connectivity index (χ1) is 9.04. The molecule has 1 aromatic rings. The molecular weight excluding hydrogens is 256 g/mol. The predicted molar refractivity (Wildman–Crippen MR) is 64.3 cm³/mol. The zero-order valence-corrected chi connectivity index (χ0v) is 10.5. The van der Waals surface area contributed by atoms with Crippen molar-refractivity contribution < 1.29 is 23.1 Å². The van der Waals surface area contributed by atoms with Gasteiger partial charge in [0.1, 0.15) is 11.6 Å². The highest BCUT2D eigenvalue weighted by molar-refractivity contribution is 5.79. The first-order valence-corrected chi connectivity index (χ1v) is 5.89. The average Bonchev–Trinajstić information content (AvgIpc) is 2.34. The SMILES string of the molecule is CCOC(=O)CCNC(=O)Cc1c(F)cccc1F. The maximum Gasteiger partial charge on any atom is 0.307 e. The smallest absolute Gasteiger partial charge is 0.307 e. The summed E-state index contributed by atoms with van der Waals surface area (Å²) >= 11 is 0. The van der Waals surface area contributed by atoms with Crippen molar-refractivity contribution in [2.24, 2.45) is 0 Å². The zero-order valence-electron chi connectivity index (χ0n) is 10.5. The first-order valence-electron chi connectivity index (χ1n) is 5.89. The Kier molecular flexibility index (Phi) is 5.92. The summed E-state index contributed by atoms with van der Waals surface area (Å²) in [4.78, 5) is 22.5. The van der Waals surface area contributed by atoms with Gasteiger partial charge in [-0.05, 0) is 19.1 Å². The van der Waals surface area contributed by atoms with Crippen LogP contribution in [0.3, 0.4) is 0 Å². The van der Waals surface area contributed by atoms with Crippen molar-refractivity contribution in [3.63, 3.8) is 0 Å². The van der Waals surface area contributed by atoms with Gasteiger partial charge in [0.15, 0.2) is 0 Å². The average molecular weight is 271 g/mol. The third-order valence-corrected chi connectivity index (χ3v) is 2.36. The summed E-state index contributed by atoms with van der Waals surface area (Å²) in [7, 11) is 0. The largest absolute Gasteiger partial charge is 0.466 e. The standard InChI is InChI=1S/C13H15F2NO3/c1-2-19-13(18)6-7-16-12(17)8-9-10(14)4-3-5-11(9)15/h3-5H,2,6-8H2,1H3,(H,16,17). The van der Waals surface area contributed by atoms with Gasteiger partial charge in [-0.15, -0.1) is 0 Å². The molecule has 0 aliphatic heterocycles. The fourth-order valence-electron chi connectivity index (χ4n) is 1.46. The molecule has 0 saturated heterocycles. The minimum Gasteiger partial charge on any atom is -0.466 e. The van der Waals surface area contributed by atoms with Gasteiger partial charge in [-0.3, -0.25) is 9.59 Å². The summed E-state index contributed by atoms with van der Waals surface area (Å²) < 4.78 is 31.2. The molecule has 19 heavy (non-hydrogen) atoms. The summed E-state index contributed by atoms with van der Waals surface area (Å²) in [5, 5.41) is 2.40. The third-order valence-electron chi connectivity index (χ3n) is 2.36. The zero-order chi connectivity index (χ0) is 14.3. The van der Waals surface area contributed by atoms with Crippen molar-refractivity contribution in [1.82, 2.24) is 5.32 Å². The topological polar surface area (TPSA) is 55.4 Å². The van der Waals surface area contributed by atoms with Crippen LogP contribution in [0.15, 0.2) is 18.2 Å². The highest BCUT2D eigenvalue weighted by Gasteiger charge is 2.13. The molecule has 104 valence electrons. The molecule has 4 nitrogen and oxygen atoms in total. The Morgan fingerprint density at radius 1 is 1.26 bits per heavy atom. The second-order valence-corrected chi connectivity index (χ2v) is 3.78. The molecule has 1 aromatic carbocycles. The molecule has 1 amide bonds. The molecular formula is C13H15F2NO3. The van der Waals surface area contributed by atoms with Gasteiger partial charge in [0.2, 0.25) is 5.91 Å². The van der Waals surface area contributed by atoms with Gasteiger partial charge in [0, 0.05) is 12.1 Å². The maximum absolute atomic E-state index is 13.3. The number of halogens is 2. The molecule has 1 N–H and O–H groups in total. The van der Waals surface area contributed by atoms with Crippen LogP contribution in [-0.4, -0.2) is 25.0 Å². The van der Waals surface area contributed by atoms with Crippen LogP contribution in [0, 0.1) is 11.6 Å². The number of hydrogen-bond donors (Lipinski definition) is 1. The highest BCUT2D eigenvalue weighted by Crippen LogP contribution is 2.12. The maximum atomic E-state index is 13.3. The Balaban J connectivity index is 2.41. The lowest BCUT2D eigenvalue weighted by Gasteiger charge is -2.06. The molecule has 0 bridgehead atoms. The Bertz CT molecular complexity index is 443. The van der Waals surface area contributed by atoms with Crippen LogP contribution >= 0.6 is 0 Å². The van der Waals surface area contributed by atoms with E-state index < -0.39 is 29.9 Å². The molecule has 0 radical (unpaired) electrons. The lowest BCUT2D eigenvalue weighted by atomic mass is 10.1. The summed E-state index contributed by atoms with van der Waals surface area (Å²) in [5.41, 5.74) is -0.281. The van der Waals surface area contributed by atoms with Gasteiger partial charge in [0.05, 0.1) is 19.4 Å². The van der Waals surface area contributed by atoms with E-state index in [0.717, 1.165) is 12.1 Å². The predicted octanol–water partition coefficient (Wildman–Crippen LogP) is 1.58. The third kappa shape index (κ3) is 5.03. The Morgan fingerprint density at radius 3 is 2.47 bits per heavy atom. The van der Waals surface area contributed by atoms with E-state index in [1.165, 1.54) is 6.07 Å². The molecule has 0 fully saturated rings. The minimum atomic E-state index is -0.763. The number of carbonyl (C=O) groups excluding carboxylic acids is 2. The number of esters is 1. The van der Waals surface area contributed by atoms with Gasteiger partial charge < -0.3 is 10.1 Å². The van der Waals surface area contributed by atoms with Gasteiger partial charge in [-0.1, -0.05) is 6.07 Å². The second-order valence-electron chi connectivity index (χ2n) is 3.78. The van der Waals surface area contributed by atoms with Crippen LogP contribution in [0.1, 0.15) is 18.9 Å². The summed E-state index contributed by atoms with van der Waals surface area (Å²) in [6.45, 7) is 2.03. The second kappa shape index (κ2) is 7.45. The van der Waals surface area contributed by atoms with Crippen LogP contribution in [0.5, 0.6) is 0 Å². The van der Waals surface area contributed by atoms with Crippen molar-refractivity contribution in [3.05, 3.63) is 35.4 Å². The molecule has 1 rings (SSSR count). The molecule has 0 spiro atoms. The van der Waals surface area contributed by atoms with E-state index in [2.05, 4.69) is 10.1 Å². The van der Waals surface area contributed by atoms with Crippen molar-refractivity contribution in [1.29, 1.82) is 0 Å². The number of amides is 1. The Labute approximate surface area is 109 Å². The van der Waals surface area contributed by atoms with Crippen LogP contribution in [-0.2, 0) is 20.7 Å². The summed E-state index contributed by atoms with van der Waals surface area (Å²) in [5.74, 6) is -2.51. The molecule has 0 saturated carbocycles. The van der Waals surface area contributed by atoms with Gasteiger partial charge in [-0.25, -0.2) is 8.78 Å². The molecule has 0 aliphatic rings. The number of carbonyl (C=O) groups is 2. The van der Waals surface area contributed by atoms with Crippen LogP contribution < -0.4 is 5.32 Å². The molecule has 0 atom stereocenters. The summed E-state index contributed by atoms with van der Waals surface area (Å²) in [6.07, 6.45) is -0.374. The van der Waals surface area contributed by atoms with E-state index in [-0.39, 0.29) is 25.1 Å². The Hall–Kier alpha value is -1.98. The van der Waals surface area contributed by atoms with Crippen molar-refractivity contribution in [3.8, 4) is 0 Å². The quantitative estimate of drug-likeness (QED) is 0.799. The number of rotatable bonds is 6. The monoisotopic (exact) mass is 271 g/mol. The van der Waals surface area contributed by atoms with Crippen LogP contribution in [0.4, 0.5) is 8.78 Å². The van der Waals surface area contributed by atoms with E-state index >= 15 is 0 Å². The van der Waals surface area contributed by atoms with Crippen molar-refractivity contribution >= 4 is 11.9 Å². The van der Waals surface area contributed by atoms with Gasteiger partial charge >= 0.3 is 5.97 Å². The van der Waals surface area contributed by atoms with Crippen LogP contribution in [0.2, 0.25) is 0 Å². The lowest BCUT2D eigenvalue weighted by molar-refractivity contribution is -0.143. The fraction of sp³-hybridized carbons (Fsp3) is 0.385. The fourth-order valence-corrected chi connectivity index (χ4v) is 1.46. The van der Waals surface area contributed by atoms with E-state index in [1.54, 1.807) is 6.92 Å². The number of hydrogen-bond acceptors (Lipinski definition) is 3. The van der Waals surface area contributed by atoms with E-state index in [9.17, 15) is 18.4 Å². The van der Waals surface area contributed by atoms with Gasteiger partial charge in [-0.2, -0.15) is 0 Å². The van der Waals surface area contributed by atoms with E-state index in [0.29, 0.717) is 0 Å². The molecule has 0 aromatic heterocycles. The normalized spacial score (nSPS) is 10.1. The molecule has 0 aliphatic carbocycles. The van der Waals surface area contributed by atoms with Crippen molar-refractivity contribution in [2.45, 2.75) is 19.8 Å². The molecule has 0 unspecified atom stereocenters. The van der Waals surface area contributed by atoms with Crippen molar-refractivity contribution in [2.75, 3.05) is 13.2 Å². The molecule has 6 heteroatoms. The minimum absolute atomic E-state index is 0.0271. The summed E-state index contributed by atoms with van der Waals surface area (Å²) in [6, 6.07) is 3.40. The van der Waals surface area contributed by atoms with Gasteiger partial charge in [0.25, 0.3) is 0 Å². The van der Waals surface area contributed by atoms with E-state index in [1.807, 2.05) is 0 Å². The number of nitrogens with one attached hydrogen (secondary N) is 1. The highest BCUT2D eigenvalue weighted by atomic mass is 19.1. The first kappa shape index (κ1) is 15.1. The number of ether oxygens (including phenoxy) is 1. The Morgan fingerprint density at radius 2 is 1.89 bits per heavy atom. The lowest BCUT2D eigenvalue weighted by Crippen LogP contribution is -2.28. The molecule has 0 heterocycles. The number of benzene rings is 1.